The maximum atomic E-state index is 11.7. The first-order chi connectivity index (χ1) is 5.91. The minimum absolute atomic E-state index is 0.0139. The van der Waals surface area contributed by atoms with Gasteiger partial charge in [0.25, 0.3) is 0 Å². The van der Waals surface area contributed by atoms with Crippen LogP contribution in [0.15, 0.2) is 11.6 Å². The Morgan fingerprint density at radius 2 is 2.23 bits per heavy atom. The van der Waals surface area contributed by atoms with E-state index in [1.165, 1.54) is 5.57 Å². The molecule has 0 aromatic rings. The fourth-order valence-electron chi connectivity index (χ4n) is 1.83. The second-order valence-corrected chi connectivity index (χ2v) is 4.45. The molecule has 2 nitrogen and oxygen atoms in total. The number of Topliss-reactive ketones (excluding diaryl/α,β-unsaturated/α-hetero) is 1. The van der Waals surface area contributed by atoms with E-state index in [2.05, 4.69) is 6.08 Å². The molecular formula is C11H18O2. The molecule has 1 rings (SSSR count). The van der Waals surface area contributed by atoms with E-state index in [9.17, 15) is 9.90 Å². The number of hydrogen-bond donors (Lipinski definition) is 1. The topological polar surface area (TPSA) is 37.3 Å². The predicted molar refractivity (Wildman–Crippen MR) is 52.4 cm³/mol. The number of rotatable bonds is 2. The van der Waals surface area contributed by atoms with E-state index < -0.39 is 5.60 Å². The third-order valence-corrected chi connectivity index (χ3v) is 2.55. The van der Waals surface area contributed by atoms with Crippen LogP contribution in [-0.4, -0.2) is 16.5 Å². The van der Waals surface area contributed by atoms with Gasteiger partial charge in [-0.15, -0.1) is 0 Å². The van der Waals surface area contributed by atoms with E-state index in [0.29, 0.717) is 0 Å². The summed E-state index contributed by atoms with van der Waals surface area (Å²) >= 11 is 0. The van der Waals surface area contributed by atoms with Crippen molar-refractivity contribution in [2.45, 2.75) is 45.6 Å². The Bertz CT molecular complexity index is 233. The zero-order valence-corrected chi connectivity index (χ0v) is 8.63. The molecule has 0 spiro atoms. The van der Waals surface area contributed by atoms with Gasteiger partial charge in [0, 0.05) is 5.92 Å². The molecule has 1 atom stereocenters. The van der Waals surface area contributed by atoms with Crippen LogP contribution in [0, 0.1) is 5.92 Å². The van der Waals surface area contributed by atoms with Gasteiger partial charge in [0.15, 0.2) is 5.78 Å². The molecule has 0 bridgehead atoms. The summed E-state index contributed by atoms with van der Waals surface area (Å²) in [6.07, 6.45) is 4.86. The molecule has 0 amide bonds. The molecule has 0 aliphatic heterocycles. The summed E-state index contributed by atoms with van der Waals surface area (Å²) in [7, 11) is 0. The Morgan fingerprint density at radius 3 is 2.69 bits per heavy atom. The van der Waals surface area contributed by atoms with Gasteiger partial charge in [-0.05, 0) is 40.0 Å². The molecule has 1 N–H and O–H groups in total. The SMILES string of the molecule is CC1=CCC[C@H](C(=O)C(C)(C)O)C1. The van der Waals surface area contributed by atoms with Crippen LogP contribution in [0.4, 0.5) is 0 Å². The van der Waals surface area contributed by atoms with Crippen LogP contribution >= 0.6 is 0 Å². The van der Waals surface area contributed by atoms with E-state index in [4.69, 9.17) is 0 Å². The van der Waals surface area contributed by atoms with E-state index >= 15 is 0 Å². The molecule has 1 aliphatic rings. The van der Waals surface area contributed by atoms with E-state index in [-0.39, 0.29) is 11.7 Å². The van der Waals surface area contributed by atoms with Crippen molar-refractivity contribution in [2.75, 3.05) is 0 Å². The largest absolute Gasteiger partial charge is 0.383 e. The standard InChI is InChI=1S/C11H18O2/c1-8-5-4-6-9(7-8)10(12)11(2,3)13/h5,9,13H,4,6-7H2,1-3H3/t9-/m0/s1. The van der Waals surface area contributed by atoms with Crippen LogP contribution in [0.5, 0.6) is 0 Å². The lowest BCUT2D eigenvalue weighted by molar-refractivity contribution is -0.138. The fourth-order valence-corrected chi connectivity index (χ4v) is 1.83. The first kappa shape index (κ1) is 10.5. The Morgan fingerprint density at radius 1 is 1.62 bits per heavy atom. The zero-order valence-electron chi connectivity index (χ0n) is 8.63. The molecule has 0 aromatic heterocycles. The smallest absolute Gasteiger partial charge is 0.167 e. The quantitative estimate of drug-likeness (QED) is 0.664. The van der Waals surface area contributed by atoms with Crippen LogP contribution in [0.1, 0.15) is 40.0 Å². The lowest BCUT2D eigenvalue weighted by Crippen LogP contribution is -2.37. The molecule has 1 aliphatic carbocycles. The second kappa shape index (κ2) is 3.62. The first-order valence-electron chi connectivity index (χ1n) is 4.83. The highest BCUT2D eigenvalue weighted by Gasteiger charge is 2.31. The first-order valence-corrected chi connectivity index (χ1v) is 4.83. The van der Waals surface area contributed by atoms with Crippen molar-refractivity contribution in [2.24, 2.45) is 5.92 Å². The molecule has 0 radical (unpaired) electrons. The molecule has 0 fully saturated rings. The van der Waals surface area contributed by atoms with Crippen molar-refractivity contribution >= 4 is 5.78 Å². The van der Waals surface area contributed by atoms with Crippen LogP contribution < -0.4 is 0 Å². The summed E-state index contributed by atoms with van der Waals surface area (Å²) in [4.78, 5) is 11.7. The summed E-state index contributed by atoms with van der Waals surface area (Å²) in [6, 6.07) is 0. The van der Waals surface area contributed by atoms with Crippen LogP contribution in [-0.2, 0) is 4.79 Å². The molecular weight excluding hydrogens is 164 g/mol. The van der Waals surface area contributed by atoms with E-state index in [0.717, 1.165) is 19.3 Å². The van der Waals surface area contributed by atoms with Crippen LogP contribution in [0.25, 0.3) is 0 Å². The summed E-state index contributed by atoms with van der Waals surface area (Å²) in [6.45, 7) is 5.19. The van der Waals surface area contributed by atoms with Crippen molar-refractivity contribution in [3.8, 4) is 0 Å². The molecule has 0 aromatic carbocycles. The summed E-state index contributed by atoms with van der Waals surface area (Å²) in [5.41, 5.74) is 0.108. The fraction of sp³-hybridized carbons (Fsp3) is 0.727. The van der Waals surface area contributed by atoms with Gasteiger partial charge in [-0.25, -0.2) is 0 Å². The van der Waals surface area contributed by atoms with E-state index in [1.807, 2.05) is 6.92 Å². The van der Waals surface area contributed by atoms with Gasteiger partial charge in [-0.2, -0.15) is 0 Å². The Balaban J connectivity index is 2.65. The minimum Gasteiger partial charge on any atom is -0.383 e. The second-order valence-electron chi connectivity index (χ2n) is 4.45. The van der Waals surface area contributed by atoms with Crippen molar-refractivity contribution in [1.82, 2.24) is 0 Å². The lowest BCUT2D eigenvalue weighted by Gasteiger charge is -2.25. The van der Waals surface area contributed by atoms with Gasteiger partial charge in [0.05, 0.1) is 0 Å². The summed E-state index contributed by atoms with van der Waals surface area (Å²) < 4.78 is 0. The molecule has 74 valence electrons. The van der Waals surface area contributed by atoms with Gasteiger partial charge in [-0.3, -0.25) is 4.79 Å². The monoisotopic (exact) mass is 182 g/mol. The van der Waals surface area contributed by atoms with Gasteiger partial charge < -0.3 is 5.11 Å². The van der Waals surface area contributed by atoms with Crippen LogP contribution in [0.2, 0.25) is 0 Å². The predicted octanol–water partition coefficient (Wildman–Crippen LogP) is 2.07. The van der Waals surface area contributed by atoms with Crippen LogP contribution in [0.3, 0.4) is 0 Å². The molecule has 0 heterocycles. The zero-order chi connectivity index (χ0) is 10.1. The average molecular weight is 182 g/mol. The number of hydrogen-bond acceptors (Lipinski definition) is 2. The van der Waals surface area contributed by atoms with Gasteiger partial charge in [0.2, 0.25) is 0 Å². The highest BCUT2D eigenvalue weighted by molar-refractivity contribution is 5.88. The van der Waals surface area contributed by atoms with Crippen molar-refractivity contribution in [1.29, 1.82) is 0 Å². The highest BCUT2D eigenvalue weighted by atomic mass is 16.3. The Hall–Kier alpha value is -0.630. The Kier molecular flexibility index (Phi) is 2.91. The minimum atomic E-state index is -1.16. The highest BCUT2D eigenvalue weighted by Crippen LogP contribution is 2.27. The normalized spacial score (nSPS) is 24.0. The lowest BCUT2D eigenvalue weighted by atomic mass is 9.81. The van der Waals surface area contributed by atoms with Crippen molar-refractivity contribution in [3.05, 3.63) is 11.6 Å². The average Bonchev–Trinajstić information content (AvgIpc) is 2.01. The molecule has 0 saturated carbocycles. The van der Waals surface area contributed by atoms with Crippen molar-refractivity contribution in [3.63, 3.8) is 0 Å². The van der Waals surface area contributed by atoms with Gasteiger partial charge >= 0.3 is 0 Å². The van der Waals surface area contributed by atoms with Crippen molar-refractivity contribution < 1.29 is 9.90 Å². The number of allylic oxidation sites excluding steroid dienone is 2. The summed E-state index contributed by atoms with van der Waals surface area (Å²) in [5.74, 6) is 0.0185. The van der Waals surface area contributed by atoms with Gasteiger partial charge in [0.1, 0.15) is 5.60 Å². The number of carbonyl (C=O) groups is 1. The maximum Gasteiger partial charge on any atom is 0.167 e. The summed E-state index contributed by atoms with van der Waals surface area (Å²) in [5, 5.41) is 9.56. The van der Waals surface area contributed by atoms with E-state index in [1.54, 1.807) is 13.8 Å². The third-order valence-electron chi connectivity index (χ3n) is 2.55. The molecule has 0 unspecified atom stereocenters. The molecule has 2 heteroatoms. The number of ketones is 1. The molecule has 13 heavy (non-hydrogen) atoms. The number of aliphatic hydroxyl groups is 1. The molecule has 0 saturated heterocycles. The third kappa shape index (κ3) is 2.66. The van der Waals surface area contributed by atoms with Gasteiger partial charge in [-0.1, -0.05) is 11.6 Å². The Labute approximate surface area is 79.6 Å². The maximum absolute atomic E-state index is 11.7. The number of carbonyl (C=O) groups excluding carboxylic acids is 1.